The van der Waals surface area contributed by atoms with Gasteiger partial charge in [0.2, 0.25) is 11.8 Å². The first-order valence-corrected chi connectivity index (χ1v) is 20.2. The summed E-state index contributed by atoms with van der Waals surface area (Å²) >= 11 is 12.0. The number of anilines is 3. The van der Waals surface area contributed by atoms with Crippen LogP contribution in [0.3, 0.4) is 0 Å². The first-order valence-electron chi connectivity index (χ1n) is 19.4. The van der Waals surface area contributed by atoms with Crippen LogP contribution >= 0.6 is 23.2 Å². The summed E-state index contributed by atoms with van der Waals surface area (Å²) in [5.74, 6) is -1.92. The fourth-order valence-electron chi connectivity index (χ4n) is 9.24. The number of hydrogen-bond acceptors (Lipinski definition) is 11. The van der Waals surface area contributed by atoms with Gasteiger partial charge in [-0.1, -0.05) is 23.2 Å². The van der Waals surface area contributed by atoms with E-state index in [0.29, 0.717) is 40.7 Å². The number of rotatable bonds is 9. The van der Waals surface area contributed by atoms with Gasteiger partial charge in [0.25, 0.3) is 11.8 Å². The highest BCUT2D eigenvalue weighted by molar-refractivity contribution is 6.42. The maximum absolute atomic E-state index is 15.8. The van der Waals surface area contributed by atoms with Crippen molar-refractivity contribution < 1.29 is 37.4 Å². The van der Waals surface area contributed by atoms with Crippen LogP contribution in [-0.2, 0) is 9.59 Å². The molecule has 302 valence electrons. The Morgan fingerprint density at radius 3 is 2.36 bits per heavy atom. The fourth-order valence-corrected chi connectivity index (χ4v) is 9.55. The van der Waals surface area contributed by atoms with E-state index in [4.69, 9.17) is 32.7 Å². The van der Waals surface area contributed by atoms with Crippen LogP contribution in [0.2, 0.25) is 10.0 Å². The number of imide groups is 2. The standard InChI is InChI=1S/C41H39Cl2F2N7O6/c1-57-33-15-30-26(38(47-19-46-30)48-29-9-8-27(42)36(43)37(29)45)14-34(33)58-23-6-2-20(3-7-23)16-50-17-22-5-4-21(50)18-51(22)32-13-25-24(12-28(32)44)40(55)52(41(25)56)31-10-11-35(53)49-39(31)54/h8-9,12-15,19-23,31H,2-7,10-11,16-18H2,1H3,(H,46,47,48)(H,49,53,54). The van der Waals surface area contributed by atoms with Gasteiger partial charge in [0.1, 0.15) is 24.0 Å². The minimum Gasteiger partial charge on any atom is -0.493 e. The predicted molar refractivity (Wildman–Crippen MR) is 211 cm³/mol. The molecule has 0 radical (unpaired) electrons. The smallest absolute Gasteiger partial charge is 0.262 e. The van der Waals surface area contributed by atoms with Gasteiger partial charge in [0.05, 0.1) is 51.3 Å². The lowest BCUT2D eigenvalue weighted by molar-refractivity contribution is -0.136. The monoisotopic (exact) mass is 833 g/mol. The first kappa shape index (κ1) is 38.4. The zero-order valence-corrected chi connectivity index (χ0v) is 32.9. The minimum atomic E-state index is -1.11. The number of carbonyl (C=O) groups is 4. The Morgan fingerprint density at radius 2 is 1.64 bits per heavy atom. The van der Waals surface area contributed by atoms with Gasteiger partial charge in [0.15, 0.2) is 17.3 Å². The number of amides is 4. The van der Waals surface area contributed by atoms with Crippen LogP contribution in [0.5, 0.6) is 11.5 Å². The highest BCUT2D eigenvalue weighted by atomic mass is 35.5. The van der Waals surface area contributed by atoms with Gasteiger partial charge < -0.3 is 19.7 Å². The number of nitrogens with one attached hydrogen (secondary N) is 2. The molecule has 4 aromatic rings. The molecular formula is C41H39Cl2F2N7O6. The van der Waals surface area contributed by atoms with Crippen LogP contribution < -0.4 is 25.0 Å². The maximum atomic E-state index is 15.8. The molecule has 3 unspecified atom stereocenters. The van der Waals surface area contributed by atoms with E-state index in [2.05, 4.69) is 25.5 Å². The molecule has 0 spiro atoms. The van der Waals surface area contributed by atoms with Crippen molar-refractivity contribution in [3.8, 4) is 11.5 Å². The first-order chi connectivity index (χ1) is 28.0. The van der Waals surface area contributed by atoms with Crippen molar-refractivity contribution in [2.24, 2.45) is 5.92 Å². The summed E-state index contributed by atoms with van der Waals surface area (Å²) in [6, 6.07) is 8.28. The molecule has 3 atom stereocenters. The Morgan fingerprint density at radius 1 is 0.879 bits per heavy atom. The number of fused-ring (bicyclic) bond motifs is 5. The lowest BCUT2D eigenvalue weighted by Gasteiger charge is -2.53. The van der Waals surface area contributed by atoms with Crippen molar-refractivity contribution in [2.75, 3.05) is 37.0 Å². The SMILES string of the molecule is COc1cc2ncnc(Nc3ccc(Cl)c(Cl)c3F)c2cc1OC1CCC(CN2CC3CCC2CN3c2cc3c(cc2F)C(=O)N(C2CCC(=O)NC2=O)C3=O)CC1. The summed E-state index contributed by atoms with van der Waals surface area (Å²) in [5, 5.41) is 5.73. The van der Waals surface area contributed by atoms with Gasteiger partial charge >= 0.3 is 0 Å². The molecule has 2 N–H and O–H groups in total. The van der Waals surface area contributed by atoms with E-state index in [1.165, 1.54) is 24.5 Å². The van der Waals surface area contributed by atoms with E-state index >= 15 is 4.39 Å². The van der Waals surface area contributed by atoms with E-state index in [0.717, 1.165) is 62.6 Å². The highest BCUT2D eigenvalue weighted by Gasteiger charge is 2.47. The van der Waals surface area contributed by atoms with Gasteiger partial charge in [-0.25, -0.2) is 18.7 Å². The number of piperidine rings is 3. The van der Waals surface area contributed by atoms with Gasteiger partial charge in [-0.2, -0.15) is 0 Å². The maximum Gasteiger partial charge on any atom is 0.262 e. The fraction of sp³-hybridized carbons (Fsp3) is 0.415. The second-order valence-corrected chi connectivity index (χ2v) is 16.4. The summed E-state index contributed by atoms with van der Waals surface area (Å²) in [7, 11) is 1.57. The molecule has 1 aromatic heterocycles. The van der Waals surface area contributed by atoms with Crippen LogP contribution in [-0.4, -0.2) is 94.4 Å². The van der Waals surface area contributed by atoms with Crippen LogP contribution in [0.15, 0.2) is 42.7 Å². The van der Waals surface area contributed by atoms with Crippen LogP contribution in [0, 0.1) is 17.6 Å². The van der Waals surface area contributed by atoms with Crippen molar-refractivity contribution in [3.63, 3.8) is 0 Å². The molecule has 5 fully saturated rings. The number of carbonyl (C=O) groups excluding carboxylic acids is 4. The van der Waals surface area contributed by atoms with Crippen molar-refractivity contribution in [1.29, 1.82) is 0 Å². The molecule has 6 aliphatic rings. The van der Waals surface area contributed by atoms with Crippen molar-refractivity contribution >= 4 is 74.9 Å². The number of aromatic nitrogens is 2. The Labute approximate surface area is 341 Å². The number of hydrogen-bond donors (Lipinski definition) is 2. The molecule has 13 nitrogen and oxygen atoms in total. The number of ether oxygens (including phenoxy) is 2. The second-order valence-electron chi connectivity index (χ2n) is 15.6. The van der Waals surface area contributed by atoms with Crippen LogP contribution in [0.1, 0.15) is 72.1 Å². The second kappa shape index (κ2) is 15.2. The third-order valence-corrected chi connectivity index (χ3v) is 13.0. The lowest BCUT2D eigenvalue weighted by atomic mass is 9.84. The average Bonchev–Trinajstić information content (AvgIpc) is 3.45. The van der Waals surface area contributed by atoms with Gasteiger partial charge in [-0.05, 0) is 81.2 Å². The Kier molecular flexibility index (Phi) is 10.1. The molecular weight excluding hydrogens is 795 g/mol. The summed E-state index contributed by atoms with van der Waals surface area (Å²) in [6.07, 6.45) is 6.84. The van der Waals surface area contributed by atoms with E-state index in [-0.39, 0.29) is 63.6 Å². The van der Waals surface area contributed by atoms with Crippen molar-refractivity contribution in [3.05, 3.63) is 75.5 Å². The number of piperazine rings is 1. The summed E-state index contributed by atoms with van der Waals surface area (Å²) in [5.41, 5.74) is 1.00. The number of halogens is 4. The zero-order valence-electron chi connectivity index (χ0n) is 31.4. The molecule has 17 heteroatoms. The van der Waals surface area contributed by atoms with Gasteiger partial charge in [0, 0.05) is 49.6 Å². The van der Waals surface area contributed by atoms with Crippen LogP contribution in [0.25, 0.3) is 10.9 Å². The van der Waals surface area contributed by atoms with E-state index in [1.54, 1.807) is 19.2 Å². The third kappa shape index (κ3) is 6.86. The quantitative estimate of drug-likeness (QED) is 0.138. The molecule has 1 saturated carbocycles. The topological polar surface area (TPSA) is 146 Å². The zero-order chi connectivity index (χ0) is 40.4. The largest absolute Gasteiger partial charge is 0.493 e. The third-order valence-electron chi connectivity index (χ3n) is 12.2. The van der Waals surface area contributed by atoms with Crippen molar-refractivity contribution in [2.45, 2.75) is 75.6 Å². The minimum absolute atomic E-state index is 0.0102. The molecule has 6 heterocycles. The van der Waals surface area contributed by atoms with E-state index < -0.39 is 41.3 Å². The number of methoxy groups -OCH3 is 1. The lowest BCUT2D eigenvalue weighted by Crippen LogP contribution is -2.63. The predicted octanol–water partition coefficient (Wildman–Crippen LogP) is 6.66. The highest BCUT2D eigenvalue weighted by Crippen LogP contribution is 2.41. The molecule has 4 amide bonds. The Bertz CT molecular complexity index is 2380. The van der Waals surface area contributed by atoms with Gasteiger partial charge in [-0.3, -0.25) is 34.3 Å². The number of nitrogens with zero attached hydrogens (tertiary/aromatic N) is 5. The van der Waals surface area contributed by atoms with Gasteiger partial charge in [-0.15, -0.1) is 0 Å². The van der Waals surface area contributed by atoms with E-state index in [1.807, 2.05) is 4.90 Å². The molecule has 5 aliphatic heterocycles. The molecule has 4 saturated heterocycles. The van der Waals surface area contributed by atoms with Crippen LogP contribution in [0.4, 0.5) is 26.0 Å². The number of benzene rings is 3. The summed E-state index contributed by atoms with van der Waals surface area (Å²) < 4.78 is 42.9. The summed E-state index contributed by atoms with van der Waals surface area (Å²) in [6.45, 7) is 2.27. The molecule has 58 heavy (non-hydrogen) atoms. The normalized spacial score (nSPS) is 24.7. The Hall–Kier alpha value is -5.12. The Balaban J connectivity index is 0.833. The average molecular weight is 835 g/mol. The molecule has 2 bridgehead atoms. The van der Waals surface area contributed by atoms with Crippen molar-refractivity contribution in [1.82, 2.24) is 25.1 Å². The molecule has 3 aromatic carbocycles. The molecule has 1 aliphatic carbocycles. The molecule has 10 rings (SSSR count). The summed E-state index contributed by atoms with van der Waals surface area (Å²) in [4.78, 5) is 65.0. The van der Waals surface area contributed by atoms with E-state index in [9.17, 15) is 23.6 Å².